The second-order valence-corrected chi connectivity index (χ2v) is 4.66. The predicted octanol–water partition coefficient (Wildman–Crippen LogP) is 3.06. The van der Waals surface area contributed by atoms with Gasteiger partial charge >= 0.3 is 0 Å². The molecule has 2 rings (SSSR count). The number of Topliss-reactive ketones (excluding diaryl/α,β-unsaturated/α-hetero) is 1. The van der Waals surface area contributed by atoms with E-state index >= 15 is 0 Å². The fourth-order valence-electron chi connectivity index (χ4n) is 1.74. The van der Waals surface area contributed by atoms with Crippen molar-refractivity contribution < 1.29 is 10.0 Å². The van der Waals surface area contributed by atoms with E-state index in [1.165, 1.54) is 6.92 Å². The second kappa shape index (κ2) is 4.33. The van der Waals surface area contributed by atoms with Gasteiger partial charge < -0.3 is 5.21 Å². The van der Waals surface area contributed by atoms with Crippen molar-refractivity contribution in [2.75, 3.05) is 0 Å². The first-order valence-electron chi connectivity index (χ1n) is 5.06. The number of halogens is 1. The lowest BCUT2D eigenvalue weighted by atomic mass is 10.2. The molecule has 4 nitrogen and oxygen atoms in total. The Hall–Kier alpha value is -1.62. The average molecular weight is 295 g/mol. The zero-order chi connectivity index (χ0) is 12.6. The molecule has 0 aliphatic heterocycles. The summed E-state index contributed by atoms with van der Waals surface area (Å²) in [6.45, 7) is 3.10. The number of carbonyl (C=O) groups is 1. The number of hydrogen-bond acceptors (Lipinski definition) is 3. The van der Waals surface area contributed by atoms with Gasteiger partial charge in [-0.3, -0.25) is 4.79 Å². The van der Waals surface area contributed by atoms with Gasteiger partial charge in [0.15, 0.2) is 11.6 Å². The highest BCUT2D eigenvalue weighted by Crippen LogP contribution is 2.24. The highest BCUT2D eigenvalue weighted by Gasteiger charge is 2.18. The molecule has 88 valence electrons. The Labute approximate surface area is 107 Å². The molecule has 0 radical (unpaired) electrons. The summed E-state index contributed by atoms with van der Waals surface area (Å²) in [6, 6.07) is 7.38. The Morgan fingerprint density at radius 3 is 2.71 bits per heavy atom. The van der Waals surface area contributed by atoms with Gasteiger partial charge in [0, 0.05) is 17.0 Å². The zero-order valence-corrected chi connectivity index (χ0v) is 11.0. The number of benzene rings is 1. The van der Waals surface area contributed by atoms with Crippen molar-refractivity contribution in [3.63, 3.8) is 0 Å². The minimum atomic E-state index is -0.209. The topological polar surface area (TPSA) is 55.1 Å². The van der Waals surface area contributed by atoms with E-state index in [4.69, 9.17) is 0 Å². The molecule has 0 saturated carbocycles. The van der Waals surface area contributed by atoms with Crippen molar-refractivity contribution in [2.24, 2.45) is 0 Å². The van der Waals surface area contributed by atoms with Crippen LogP contribution in [0.3, 0.4) is 0 Å². The van der Waals surface area contributed by atoms with Gasteiger partial charge in [0.2, 0.25) is 0 Å². The number of aromatic nitrogens is 2. The summed E-state index contributed by atoms with van der Waals surface area (Å²) in [7, 11) is 0. The van der Waals surface area contributed by atoms with Crippen LogP contribution in [0.2, 0.25) is 0 Å². The van der Waals surface area contributed by atoms with Gasteiger partial charge in [-0.25, -0.2) is 4.98 Å². The van der Waals surface area contributed by atoms with Crippen molar-refractivity contribution in [1.82, 2.24) is 9.71 Å². The van der Waals surface area contributed by atoms with Crippen molar-refractivity contribution >= 4 is 21.7 Å². The molecule has 0 aliphatic carbocycles. The fraction of sp³-hybridized carbons (Fsp3) is 0.167. The van der Waals surface area contributed by atoms with Crippen molar-refractivity contribution in [2.45, 2.75) is 13.8 Å². The molecule has 1 N–H and O–H groups in total. The number of imidazole rings is 1. The monoisotopic (exact) mass is 294 g/mol. The maximum Gasteiger partial charge on any atom is 0.181 e. The molecule has 0 spiro atoms. The van der Waals surface area contributed by atoms with E-state index < -0.39 is 0 Å². The molecule has 1 heterocycles. The highest BCUT2D eigenvalue weighted by molar-refractivity contribution is 9.10. The largest absolute Gasteiger partial charge is 0.426 e. The molecule has 0 atom stereocenters. The standard InChI is InChI=1S/C12H11BrN2O2/c1-7-11(8(2)16)15(17)12(14-7)9-4-3-5-10(13)6-9/h3-6,17H,1-2H3. The van der Waals surface area contributed by atoms with Crippen molar-refractivity contribution in [3.05, 3.63) is 40.1 Å². The van der Waals surface area contributed by atoms with E-state index in [9.17, 15) is 10.0 Å². The van der Waals surface area contributed by atoms with Gasteiger partial charge in [-0.15, -0.1) is 0 Å². The Morgan fingerprint density at radius 2 is 2.18 bits per heavy atom. The van der Waals surface area contributed by atoms with Crippen LogP contribution in [0.4, 0.5) is 0 Å². The van der Waals surface area contributed by atoms with Crippen LogP contribution in [-0.2, 0) is 0 Å². The minimum Gasteiger partial charge on any atom is -0.426 e. The van der Waals surface area contributed by atoms with E-state index in [-0.39, 0.29) is 11.5 Å². The van der Waals surface area contributed by atoms with Crippen molar-refractivity contribution in [1.29, 1.82) is 0 Å². The number of nitrogens with zero attached hydrogens (tertiary/aromatic N) is 2. The number of rotatable bonds is 2. The first-order valence-corrected chi connectivity index (χ1v) is 5.85. The molecule has 2 aromatic rings. The third-order valence-electron chi connectivity index (χ3n) is 2.45. The molecule has 17 heavy (non-hydrogen) atoms. The molecule has 0 aliphatic rings. The first-order chi connectivity index (χ1) is 8.00. The summed E-state index contributed by atoms with van der Waals surface area (Å²) in [4.78, 5) is 15.6. The van der Waals surface area contributed by atoms with Crippen LogP contribution in [0, 0.1) is 6.92 Å². The molecule has 0 amide bonds. The predicted molar refractivity (Wildman–Crippen MR) is 67.3 cm³/mol. The number of ketones is 1. The summed E-state index contributed by atoms with van der Waals surface area (Å²) < 4.78 is 1.74. The van der Waals surface area contributed by atoms with Crippen LogP contribution in [0.1, 0.15) is 23.1 Å². The molecule has 0 bridgehead atoms. The van der Waals surface area contributed by atoms with Gasteiger partial charge in [-0.1, -0.05) is 28.1 Å². The van der Waals surface area contributed by atoms with Gasteiger partial charge in [0.25, 0.3) is 0 Å². The highest BCUT2D eigenvalue weighted by atomic mass is 79.9. The molecular weight excluding hydrogens is 284 g/mol. The maximum absolute atomic E-state index is 11.4. The zero-order valence-electron chi connectivity index (χ0n) is 9.44. The summed E-state index contributed by atoms with van der Waals surface area (Å²) in [5.74, 6) is 0.160. The molecule has 0 unspecified atom stereocenters. The Balaban J connectivity index is 2.62. The van der Waals surface area contributed by atoms with E-state index in [1.54, 1.807) is 6.92 Å². The van der Waals surface area contributed by atoms with Crippen LogP contribution in [0.5, 0.6) is 0 Å². The summed E-state index contributed by atoms with van der Waals surface area (Å²) >= 11 is 3.35. The first kappa shape index (κ1) is 11.9. The lowest BCUT2D eigenvalue weighted by Crippen LogP contribution is -2.05. The summed E-state index contributed by atoms with van der Waals surface area (Å²) in [5.41, 5.74) is 1.49. The quantitative estimate of drug-likeness (QED) is 0.684. The smallest absolute Gasteiger partial charge is 0.181 e. The van der Waals surface area contributed by atoms with Crippen molar-refractivity contribution in [3.8, 4) is 11.4 Å². The molecule has 5 heteroatoms. The van der Waals surface area contributed by atoms with Crippen LogP contribution < -0.4 is 0 Å². The van der Waals surface area contributed by atoms with Crippen LogP contribution in [0.15, 0.2) is 28.7 Å². The van der Waals surface area contributed by atoms with E-state index in [0.29, 0.717) is 11.5 Å². The molecular formula is C12H11BrN2O2. The molecule has 1 aromatic carbocycles. The van der Waals surface area contributed by atoms with Gasteiger partial charge in [0.1, 0.15) is 5.69 Å². The Morgan fingerprint density at radius 1 is 1.47 bits per heavy atom. The molecule has 0 saturated heterocycles. The van der Waals surface area contributed by atoms with Crippen LogP contribution in [0.25, 0.3) is 11.4 Å². The summed E-state index contributed by atoms with van der Waals surface area (Å²) in [5, 5.41) is 9.94. The number of carbonyl (C=O) groups excluding carboxylic acids is 1. The summed E-state index contributed by atoms with van der Waals surface area (Å²) in [6.07, 6.45) is 0. The SMILES string of the molecule is CC(=O)c1c(C)nc(-c2cccc(Br)c2)n1O. The van der Waals surface area contributed by atoms with Gasteiger partial charge in [-0.2, -0.15) is 4.73 Å². The van der Waals surface area contributed by atoms with Crippen LogP contribution >= 0.6 is 15.9 Å². The van der Waals surface area contributed by atoms with E-state index in [0.717, 1.165) is 14.8 Å². The Bertz CT molecular complexity index is 590. The lowest BCUT2D eigenvalue weighted by molar-refractivity contribution is 0.0965. The molecule has 0 fully saturated rings. The fourth-order valence-corrected chi connectivity index (χ4v) is 2.14. The second-order valence-electron chi connectivity index (χ2n) is 3.75. The normalized spacial score (nSPS) is 10.5. The molecule has 1 aromatic heterocycles. The maximum atomic E-state index is 11.4. The lowest BCUT2D eigenvalue weighted by Gasteiger charge is -2.02. The van der Waals surface area contributed by atoms with E-state index in [2.05, 4.69) is 20.9 Å². The third-order valence-corrected chi connectivity index (χ3v) is 2.94. The Kier molecular flexibility index (Phi) is 3.02. The third kappa shape index (κ3) is 2.10. The number of aryl methyl sites for hydroxylation is 1. The number of hydrogen-bond donors (Lipinski definition) is 1. The minimum absolute atomic E-state index is 0.209. The van der Waals surface area contributed by atoms with Gasteiger partial charge in [-0.05, 0) is 19.1 Å². The van der Waals surface area contributed by atoms with Gasteiger partial charge in [0.05, 0.1) is 5.69 Å². The van der Waals surface area contributed by atoms with E-state index in [1.807, 2.05) is 24.3 Å². The average Bonchev–Trinajstić information content (AvgIpc) is 2.54. The van der Waals surface area contributed by atoms with Crippen LogP contribution in [-0.4, -0.2) is 20.7 Å².